The molecule has 0 spiro atoms. The standard InChI is InChI=1S/C20H30N2O3/c1-24-18-13-16(14-19(15-18)25-2)20(23)22-11-9-21(10-12-22)17-7-5-3-4-6-8-17/h13-15,17H,3-12H2,1-2H3. The molecule has 2 aliphatic rings. The lowest BCUT2D eigenvalue weighted by Gasteiger charge is -2.39. The van der Waals surface area contributed by atoms with Crippen LogP contribution in [-0.2, 0) is 0 Å². The van der Waals surface area contributed by atoms with Crippen molar-refractivity contribution in [2.24, 2.45) is 0 Å². The van der Waals surface area contributed by atoms with Gasteiger partial charge in [0, 0.05) is 43.9 Å². The van der Waals surface area contributed by atoms with Crippen LogP contribution in [0.15, 0.2) is 18.2 Å². The van der Waals surface area contributed by atoms with Crippen LogP contribution >= 0.6 is 0 Å². The lowest BCUT2D eigenvalue weighted by atomic mass is 10.1. The Morgan fingerprint density at radius 1 is 0.880 bits per heavy atom. The molecule has 1 aromatic carbocycles. The fourth-order valence-corrected chi connectivity index (χ4v) is 4.03. The number of carbonyl (C=O) groups excluding carboxylic acids is 1. The summed E-state index contributed by atoms with van der Waals surface area (Å²) in [5.74, 6) is 1.37. The second-order valence-electron chi connectivity index (χ2n) is 7.07. The smallest absolute Gasteiger partial charge is 0.254 e. The number of piperazine rings is 1. The van der Waals surface area contributed by atoms with Crippen LogP contribution in [0.25, 0.3) is 0 Å². The average Bonchev–Trinajstić information content (AvgIpc) is 2.96. The van der Waals surface area contributed by atoms with Gasteiger partial charge in [-0.25, -0.2) is 0 Å². The number of carbonyl (C=O) groups is 1. The van der Waals surface area contributed by atoms with Gasteiger partial charge in [-0.1, -0.05) is 25.7 Å². The molecule has 5 nitrogen and oxygen atoms in total. The second-order valence-corrected chi connectivity index (χ2v) is 7.07. The highest BCUT2D eigenvalue weighted by molar-refractivity contribution is 5.95. The van der Waals surface area contributed by atoms with Gasteiger partial charge in [-0.05, 0) is 25.0 Å². The zero-order valence-electron chi connectivity index (χ0n) is 15.5. The Hall–Kier alpha value is -1.75. The Morgan fingerprint density at radius 3 is 1.96 bits per heavy atom. The lowest BCUT2D eigenvalue weighted by Crippen LogP contribution is -2.51. The van der Waals surface area contributed by atoms with Gasteiger partial charge in [0.15, 0.2) is 0 Å². The van der Waals surface area contributed by atoms with Crippen LogP contribution in [-0.4, -0.2) is 62.1 Å². The van der Waals surface area contributed by atoms with Crippen LogP contribution in [0.3, 0.4) is 0 Å². The zero-order valence-corrected chi connectivity index (χ0v) is 15.5. The van der Waals surface area contributed by atoms with Gasteiger partial charge >= 0.3 is 0 Å². The first-order chi connectivity index (χ1) is 12.2. The quantitative estimate of drug-likeness (QED) is 0.785. The number of amides is 1. The molecule has 1 aromatic rings. The van der Waals surface area contributed by atoms with Crippen molar-refractivity contribution in [2.45, 2.75) is 44.6 Å². The predicted molar refractivity (Wildman–Crippen MR) is 98.5 cm³/mol. The van der Waals surface area contributed by atoms with Crippen molar-refractivity contribution in [1.29, 1.82) is 0 Å². The van der Waals surface area contributed by atoms with Gasteiger partial charge in [0.05, 0.1) is 14.2 Å². The Balaban J connectivity index is 1.61. The van der Waals surface area contributed by atoms with E-state index in [1.54, 1.807) is 32.4 Å². The van der Waals surface area contributed by atoms with E-state index in [2.05, 4.69) is 4.90 Å². The number of ether oxygens (including phenoxy) is 2. The molecule has 0 N–H and O–H groups in total. The van der Waals surface area contributed by atoms with Crippen LogP contribution in [0.4, 0.5) is 0 Å². The minimum absolute atomic E-state index is 0.0673. The molecule has 1 aliphatic heterocycles. The molecule has 0 aromatic heterocycles. The van der Waals surface area contributed by atoms with Crippen LogP contribution in [0.2, 0.25) is 0 Å². The number of nitrogens with zero attached hydrogens (tertiary/aromatic N) is 2. The molecular formula is C20H30N2O3. The summed E-state index contributed by atoms with van der Waals surface area (Å²) >= 11 is 0. The van der Waals surface area contributed by atoms with Crippen LogP contribution < -0.4 is 9.47 Å². The van der Waals surface area contributed by atoms with E-state index < -0.39 is 0 Å². The van der Waals surface area contributed by atoms with Gasteiger partial charge in [0.1, 0.15) is 11.5 Å². The number of hydrogen-bond donors (Lipinski definition) is 0. The molecule has 0 radical (unpaired) electrons. The fraction of sp³-hybridized carbons (Fsp3) is 0.650. The Morgan fingerprint density at radius 2 is 1.44 bits per heavy atom. The first kappa shape index (κ1) is 18.1. The fourth-order valence-electron chi connectivity index (χ4n) is 4.03. The summed E-state index contributed by atoms with van der Waals surface area (Å²) in [6.07, 6.45) is 8.11. The average molecular weight is 346 g/mol. The van der Waals surface area contributed by atoms with Crippen molar-refractivity contribution >= 4 is 5.91 Å². The summed E-state index contributed by atoms with van der Waals surface area (Å²) in [5.41, 5.74) is 0.638. The number of rotatable bonds is 4. The highest BCUT2D eigenvalue weighted by Gasteiger charge is 2.27. The molecule has 1 aliphatic carbocycles. The molecule has 5 heteroatoms. The summed E-state index contributed by atoms with van der Waals surface area (Å²) in [6, 6.07) is 6.10. The van der Waals surface area contributed by atoms with E-state index in [1.807, 2.05) is 4.90 Å². The Bertz CT molecular complexity index is 552. The largest absolute Gasteiger partial charge is 0.497 e. The van der Waals surface area contributed by atoms with Crippen molar-refractivity contribution in [2.75, 3.05) is 40.4 Å². The first-order valence-corrected chi connectivity index (χ1v) is 9.47. The molecule has 3 rings (SSSR count). The highest BCUT2D eigenvalue weighted by Crippen LogP contribution is 2.25. The molecule has 1 saturated carbocycles. The van der Waals surface area contributed by atoms with E-state index >= 15 is 0 Å². The van der Waals surface area contributed by atoms with Gasteiger partial charge in [-0.15, -0.1) is 0 Å². The van der Waals surface area contributed by atoms with E-state index in [1.165, 1.54) is 38.5 Å². The number of methoxy groups -OCH3 is 2. The molecule has 0 unspecified atom stereocenters. The Labute approximate surface area is 150 Å². The summed E-state index contributed by atoms with van der Waals surface area (Å²) in [4.78, 5) is 17.4. The Kier molecular flexibility index (Phi) is 6.19. The van der Waals surface area contributed by atoms with Crippen LogP contribution in [0.5, 0.6) is 11.5 Å². The van der Waals surface area contributed by atoms with E-state index in [0.29, 0.717) is 17.1 Å². The van der Waals surface area contributed by atoms with E-state index in [-0.39, 0.29) is 5.91 Å². The molecular weight excluding hydrogens is 316 g/mol. The van der Waals surface area contributed by atoms with Gasteiger partial charge in [0.25, 0.3) is 5.91 Å². The molecule has 0 bridgehead atoms. The third-order valence-electron chi connectivity index (χ3n) is 5.54. The van der Waals surface area contributed by atoms with Gasteiger partial charge in [-0.3, -0.25) is 9.69 Å². The molecule has 1 amide bonds. The van der Waals surface area contributed by atoms with Gasteiger partial charge < -0.3 is 14.4 Å². The maximum atomic E-state index is 12.9. The molecule has 1 saturated heterocycles. The summed E-state index contributed by atoms with van der Waals surface area (Å²) < 4.78 is 10.6. The minimum Gasteiger partial charge on any atom is -0.497 e. The van der Waals surface area contributed by atoms with E-state index in [4.69, 9.17) is 9.47 Å². The molecule has 138 valence electrons. The van der Waals surface area contributed by atoms with E-state index in [0.717, 1.165) is 32.2 Å². The monoisotopic (exact) mass is 346 g/mol. The third-order valence-corrected chi connectivity index (χ3v) is 5.54. The third kappa shape index (κ3) is 4.46. The van der Waals surface area contributed by atoms with Crippen LogP contribution in [0.1, 0.15) is 48.9 Å². The molecule has 1 heterocycles. The van der Waals surface area contributed by atoms with E-state index in [9.17, 15) is 4.79 Å². The lowest BCUT2D eigenvalue weighted by molar-refractivity contribution is 0.0551. The molecule has 0 atom stereocenters. The highest BCUT2D eigenvalue weighted by atomic mass is 16.5. The van der Waals surface area contributed by atoms with Crippen molar-refractivity contribution in [3.63, 3.8) is 0 Å². The maximum Gasteiger partial charge on any atom is 0.254 e. The predicted octanol–water partition coefficient (Wildman–Crippen LogP) is 3.18. The van der Waals surface area contributed by atoms with Crippen molar-refractivity contribution in [3.05, 3.63) is 23.8 Å². The normalized spacial score (nSPS) is 20.2. The van der Waals surface area contributed by atoms with Crippen molar-refractivity contribution in [1.82, 2.24) is 9.80 Å². The summed E-state index contributed by atoms with van der Waals surface area (Å²) in [5, 5.41) is 0. The zero-order chi connectivity index (χ0) is 17.6. The van der Waals surface area contributed by atoms with Crippen molar-refractivity contribution in [3.8, 4) is 11.5 Å². The van der Waals surface area contributed by atoms with Crippen molar-refractivity contribution < 1.29 is 14.3 Å². The molecule has 25 heavy (non-hydrogen) atoms. The summed E-state index contributed by atoms with van der Waals surface area (Å²) in [6.45, 7) is 3.57. The number of hydrogen-bond acceptors (Lipinski definition) is 4. The topological polar surface area (TPSA) is 42.0 Å². The van der Waals surface area contributed by atoms with Crippen LogP contribution in [0, 0.1) is 0 Å². The number of benzene rings is 1. The maximum absolute atomic E-state index is 12.9. The van der Waals surface area contributed by atoms with Gasteiger partial charge in [-0.2, -0.15) is 0 Å². The first-order valence-electron chi connectivity index (χ1n) is 9.47. The summed E-state index contributed by atoms with van der Waals surface area (Å²) in [7, 11) is 3.21. The van der Waals surface area contributed by atoms with Gasteiger partial charge in [0.2, 0.25) is 0 Å². The molecule has 2 fully saturated rings. The minimum atomic E-state index is 0.0673. The SMILES string of the molecule is COc1cc(OC)cc(C(=O)N2CCN(C3CCCCCC3)CC2)c1. The second kappa shape index (κ2) is 8.56.